The number of hydrogen-bond acceptors (Lipinski definition) is 2. The molecule has 0 N–H and O–H groups in total. The van der Waals surface area contributed by atoms with Gasteiger partial charge in [0.05, 0.1) is 17.4 Å². The highest BCUT2D eigenvalue weighted by Gasteiger charge is 2.20. The van der Waals surface area contributed by atoms with Crippen LogP contribution >= 0.6 is 11.3 Å². The Morgan fingerprint density at radius 2 is 0.742 bits per heavy atom. The second-order valence-corrected chi connectivity index (χ2v) is 18.6. The van der Waals surface area contributed by atoms with Crippen LogP contribution in [0.2, 0.25) is 0 Å². The van der Waals surface area contributed by atoms with Gasteiger partial charge in [-0.2, -0.15) is 0 Å². The first-order valence-corrected chi connectivity index (χ1v) is 23.4. The third kappa shape index (κ3) is 5.84. The highest BCUT2D eigenvalue weighted by Crippen LogP contribution is 2.48. The van der Waals surface area contributed by atoms with Crippen LogP contribution in [-0.4, -0.2) is 9.38 Å². The van der Waals surface area contributed by atoms with Crippen molar-refractivity contribution in [2.75, 3.05) is 0 Å². The predicted molar refractivity (Wildman–Crippen MR) is 283 cm³/mol. The van der Waals surface area contributed by atoms with E-state index in [0.717, 1.165) is 27.8 Å². The Labute approximate surface area is 384 Å². The topological polar surface area (TPSA) is 17.3 Å². The second-order valence-electron chi connectivity index (χ2n) is 17.5. The van der Waals surface area contributed by atoms with Crippen LogP contribution < -0.4 is 0 Å². The van der Waals surface area contributed by atoms with E-state index < -0.39 is 0 Å². The molecule has 2 nitrogen and oxygen atoms in total. The van der Waals surface area contributed by atoms with E-state index in [1.165, 1.54) is 108 Å². The van der Waals surface area contributed by atoms with E-state index in [1.54, 1.807) is 0 Å². The molecular weight excluding hydrogens is 817 g/mol. The molecule has 0 aliphatic heterocycles. The largest absolute Gasteiger partial charge is 0.292 e. The number of rotatable bonds is 5. The lowest BCUT2D eigenvalue weighted by Crippen LogP contribution is -1.93. The Morgan fingerprint density at radius 3 is 1.33 bits per heavy atom. The van der Waals surface area contributed by atoms with Crippen LogP contribution in [0.25, 0.3) is 136 Å². The summed E-state index contributed by atoms with van der Waals surface area (Å²) in [6.45, 7) is 0. The summed E-state index contributed by atoms with van der Waals surface area (Å²) < 4.78 is 4.91. The average Bonchev–Trinajstić information content (AvgIpc) is 4.01. The van der Waals surface area contributed by atoms with Gasteiger partial charge in [0.15, 0.2) is 0 Å². The Balaban J connectivity index is 1.01. The highest BCUT2D eigenvalue weighted by atomic mass is 32.1. The molecule has 0 bridgehead atoms. The molecule has 14 aromatic rings. The van der Waals surface area contributed by atoms with Crippen LogP contribution in [0, 0.1) is 0 Å². The summed E-state index contributed by atoms with van der Waals surface area (Å²) in [4.78, 5) is 5.04. The van der Waals surface area contributed by atoms with Crippen LogP contribution in [0.4, 0.5) is 0 Å². The standard InChI is InChI=1S/C63H38N2S/c1-4-14-44-31-47(28-21-39(44)11-1)50-34-55(42-24-26-43(27-25-42)60-38-64-63-54-19-8-7-17-52(54)53-18-9-10-20-59(53)65(60)63)61-57(36-50)58-37-51(48-29-22-40-12-2-5-15-45(40)32-48)35-56(62(58)66-61)49-30-23-41-13-3-6-16-46(41)33-49/h1-38H. The van der Waals surface area contributed by atoms with Crippen LogP contribution in [0.15, 0.2) is 231 Å². The molecule has 0 spiro atoms. The van der Waals surface area contributed by atoms with E-state index in [0.29, 0.717) is 0 Å². The van der Waals surface area contributed by atoms with Gasteiger partial charge in [-0.3, -0.25) is 4.40 Å². The second kappa shape index (κ2) is 14.6. The molecule has 0 saturated heterocycles. The Morgan fingerprint density at radius 1 is 0.303 bits per heavy atom. The van der Waals surface area contributed by atoms with Gasteiger partial charge in [0.2, 0.25) is 0 Å². The zero-order chi connectivity index (χ0) is 43.3. The van der Waals surface area contributed by atoms with Crippen molar-refractivity contribution in [1.29, 1.82) is 0 Å². The number of para-hydroxylation sites is 1. The van der Waals surface area contributed by atoms with Gasteiger partial charge in [-0.25, -0.2) is 4.98 Å². The molecule has 0 unspecified atom stereocenters. The number of thiophene rings is 1. The van der Waals surface area contributed by atoms with Crippen molar-refractivity contribution in [2.24, 2.45) is 0 Å². The van der Waals surface area contributed by atoms with Gasteiger partial charge in [0, 0.05) is 47.6 Å². The average molecular weight is 855 g/mol. The first-order valence-electron chi connectivity index (χ1n) is 22.6. The fourth-order valence-corrected chi connectivity index (χ4v) is 11.8. The third-order valence-corrected chi connectivity index (χ3v) is 15.0. The molecule has 3 aromatic heterocycles. The Kier molecular flexibility index (Phi) is 8.19. The molecule has 0 radical (unpaired) electrons. The van der Waals surface area contributed by atoms with Crippen molar-refractivity contribution in [2.45, 2.75) is 0 Å². The molecule has 0 amide bonds. The maximum Gasteiger partial charge on any atom is 0.145 e. The Hall–Kier alpha value is -8.37. The van der Waals surface area contributed by atoms with Gasteiger partial charge in [-0.1, -0.05) is 176 Å². The van der Waals surface area contributed by atoms with E-state index in [-0.39, 0.29) is 0 Å². The normalized spacial score (nSPS) is 11.9. The van der Waals surface area contributed by atoms with Crippen molar-refractivity contribution in [1.82, 2.24) is 9.38 Å². The molecule has 306 valence electrons. The molecule has 3 heteroatoms. The number of hydrogen-bond donors (Lipinski definition) is 0. The van der Waals surface area contributed by atoms with Crippen LogP contribution in [0.3, 0.4) is 0 Å². The molecule has 0 saturated carbocycles. The van der Waals surface area contributed by atoms with Gasteiger partial charge in [0.1, 0.15) is 5.65 Å². The minimum atomic E-state index is 0.976. The van der Waals surface area contributed by atoms with Gasteiger partial charge in [-0.15, -0.1) is 11.3 Å². The van der Waals surface area contributed by atoms with Gasteiger partial charge >= 0.3 is 0 Å². The van der Waals surface area contributed by atoms with E-state index in [2.05, 4.69) is 229 Å². The lowest BCUT2D eigenvalue weighted by Gasteiger charge is -2.12. The summed E-state index contributed by atoms with van der Waals surface area (Å²) in [6.07, 6.45) is 2.04. The predicted octanol–water partition coefficient (Wildman–Crippen LogP) is 17.8. The van der Waals surface area contributed by atoms with Gasteiger partial charge in [-0.05, 0) is 120 Å². The van der Waals surface area contributed by atoms with Gasteiger partial charge < -0.3 is 0 Å². The number of fused-ring (bicyclic) bond motifs is 12. The summed E-state index contributed by atoms with van der Waals surface area (Å²) in [5, 5.41) is 13.6. The zero-order valence-corrected chi connectivity index (χ0v) is 36.6. The van der Waals surface area contributed by atoms with Crippen LogP contribution in [-0.2, 0) is 0 Å². The van der Waals surface area contributed by atoms with E-state index in [4.69, 9.17) is 4.98 Å². The fraction of sp³-hybridized carbons (Fsp3) is 0. The van der Waals surface area contributed by atoms with Crippen LogP contribution in [0.1, 0.15) is 0 Å². The molecule has 0 aliphatic carbocycles. The van der Waals surface area contributed by atoms with Crippen molar-refractivity contribution >= 4 is 91.1 Å². The highest BCUT2D eigenvalue weighted by molar-refractivity contribution is 7.27. The lowest BCUT2D eigenvalue weighted by atomic mass is 9.91. The number of nitrogens with zero attached hydrogens (tertiary/aromatic N) is 2. The number of imidazole rings is 1. The molecule has 0 aliphatic rings. The Bertz CT molecular complexity index is 4290. The smallest absolute Gasteiger partial charge is 0.145 e. The minimum absolute atomic E-state index is 0.976. The molecule has 66 heavy (non-hydrogen) atoms. The monoisotopic (exact) mass is 854 g/mol. The van der Waals surface area contributed by atoms with E-state index in [1.807, 2.05) is 17.5 Å². The molecule has 11 aromatic carbocycles. The third-order valence-electron chi connectivity index (χ3n) is 13.8. The molecule has 0 fully saturated rings. The van der Waals surface area contributed by atoms with Crippen molar-refractivity contribution in [3.8, 4) is 55.8 Å². The fourth-order valence-electron chi connectivity index (χ4n) is 10.5. The minimum Gasteiger partial charge on any atom is -0.292 e. The quantitative estimate of drug-likeness (QED) is 0.158. The summed E-state index contributed by atoms with van der Waals surface area (Å²) in [5.74, 6) is 0. The lowest BCUT2D eigenvalue weighted by molar-refractivity contribution is 1.27. The van der Waals surface area contributed by atoms with Crippen molar-refractivity contribution in [3.05, 3.63) is 231 Å². The first kappa shape index (κ1) is 37.0. The number of pyridine rings is 1. The van der Waals surface area contributed by atoms with E-state index in [9.17, 15) is 0 Å². The summed E-state index contributed by atoms with van der Waals surface area (Å²) >= 11 is 1.92. The maximum absolute atomic E-state index is 5.04. The molecule has 0 atom stereocenters. The maximum atomic E-state index is 5.04. The zero-order valence-electron chi connectivity index (χ0n) is 35.7. The first-order chi connectivity index (χ1) is 32.7. The molecule has 14 rings (SSSR count). The van der Waals surface area contributed by atoms with Crippen molar-refractivity contribution in [3.63, 3.8) is 0 Å². The van der Waals surface area contributed by atoms with Gasteiger partial charge in [0.25, 0.3) is 0 Å². The summed E-state index contributed by atoms with van der Waals surface area (Å²) in [5.41, 5.74) is 14.1. The van der Waals surface area contributed by atoms with Crippen LogP contribution in [0.5, 0.6) is 0 Å². The van der Waals surface area contributed by atoms with Crippen molar-refractivity contribution < 1.29 is 0 Å². The summed E-state index contributed by atoms with van der Waals surface area (Å²) in [7, 11) is 0. The van der Waals surface area contributed by atoms with E-state index >= 15 is 0 Å². The SMILES string of the molecule is c1ccc2cc(-c3cc(-c4ccc(-c5cnc6c7ccccc7c7ccccc7n56)cc4)c4sc5c(-c6ccc7ccccc7c6)cc(-c6ccc7ccccc7c6)cc5c4c3)ccc2c1. The number of aromatic nitrogens is 2. The molecular formula is C63H38N2S. The summed E-state index contributed by atoms with van der Waals surface area (Å²) in [6, 6.07) is 82.9. The molecule has 3 heterocycles. The number of benzene rings is 11.